The third-order valence-electron chi connectivity index (χ3n) is 7.52. The Bertz CT molecular complexity index is 960. The fraction of sp³-hybridized carbons (Fsp3) is 0.667. The molecule has 3 heterocycles. The van der Waals surface area contributed by atoms with Gasteiger partial charge in [0.25, 0.3) is 5.91 Å². The normalized spacial score (nSPS) is 26.2. The van der Waals surface area contributed by atoms with Crippen molar-refractivity contribution in [1.29, 1.82) is 0 Å². The Morgan fingerprint density at radius 2 is 1.73 bits per heavy atom. The van der Waals surface area contributed by atoms with Crippen LogP contribution < -0.4 is 5.32 Å². The van der Waals surface area contributed by atoms with Crippen molar-refractivity contribution in [1.82, 2.24) is 14.8 Å². The predicted molar refractivity (Wildman–Crippen MR) is 115 cm³/mol. The molecule has 0 spiro atoms. The van der Waals surface area contributed by atoms with E-state index in [1.54, 1.807) is 0 Å². The summed E-state index contributed by atoms with van der Waals surface area (Å²) in [6, 6.07) is 4.19. The molecule has 0 bridgehead atoms. The van der Waals surface area contributed by atoms with E-state index in [-0.39, 0.29) is 23.9 Å². The van der Waals surface area contributed by atoms with Crippen molar-refractivity contribution in [3.63, 3.8) is 0 Å². The first-order chi connectivity index (χ1) is 14.5. The maximum Gasteiger partial charge on any atom is 0.271 e. The molecule has 1 unspecified atom stereocenters. The summed E-state index contributed by atoms with van der Waals surface area (Å²) >= 11 is 0. The smallest absolute Gasteiger partial charge is 0.271 e. The number of amides is 2. The summed E-state index contributed by atoms with van der Waals surface area (Å²) < 4.78 is 7.81. The Hall–Kier alpha value is -2.24. The van der Waals surface area contributed by atoms with Crippen LogP contribution in [0, 0.1) is 6.92 Å². The lowest BCUT2D eigenvalue weighted by Gasteiger charge is -2.47. The Labute approximate surface area is 178 Å². The van der Waals surface area contributed by atoms with Gasteiger partial charge in [0, 0.05) is 24.2 Å². The van der Waals surface area contributed by atoms with E-state index in [4.69, 9.17) is 4.42 Å². The number of aryl methyl sites for hydroxylation is 1. The first kappa shape index (κ1) is 19.7. The summed E-state index contributed by atoms with van der Waals surface area (Å²) in [7, 11) is 0. The fourth-order valence-electron chi connectivity index (χ4n) is 5.92. The van der Waals surface area contributed by atoms with Crippen LogP contribution in [0.3, 0.4) is 0 Å². The average molecular weight is 412 g/mol. The van der Waals surface area contributed by atoms with Gasteiger partial charge in [0.15, 0.2) is 5.58 Å². The highest BCUT2D eigenvalue weighted by molar-refractivity contribution is 6.03. The third-order valence-corrected chi connectivity index (χ3v) is 7.52. The van der Waals surface area contributed by atoms with E-state index < -0.39 is 5.54 Å². The van der Waals surface area contributed by atoms with Gasteiger partial charge in [0.05, 0.1) is 12.1 Å². The van der Waals surface area contributed by atoms with Crippen molar-refractivity contribution in [3.05, 3.63) is 23.6 Å². The van der Waals surface area contributed by atoms with Crippen molar-refractivity contribution in [3.8, 4) is 0 Å². The van der Waals surface area contributed by atoms with E-state index in [0.717, 1.165) is 55.4 Å². The van der Waals surface area contributed by atoms with E-state index in [0.29, 0.717) is 12.2 Å². The molecule has 1 aliphatic heterocycles. The van der Waals surface area contributed by atoms with Gasteiger partial charge in [-0.2, -0.15) is 0 Å². The van der Waals surface area contributed by atoms with Crippen LogP contribution in [0.15, 0.2) is 16.5 Å². The minimum atomic E-state index is -0.886. The van der Waals surface area contributed by atoms with Crippen LogP contribution in [0.25, 0.3) is 11.1 Å². The number of carbonyl (C=O) groups is 2. The van der Waals surface area contributed by atoms with E-state index in [2.05, 4.69) is 5.32 Å². The second-order valence-corrected chi connectivity index (χ2v) is 9.77. The SMILES string of the molecule is Cc1cc2c(cc3n2CC(C)(C(=O)NC2CCCCCC2)N(C2CCCC2)C3=O)o1. The van der Waals surface area contributed by atoms with Crippen molar-refractivity contribution in [2.45, 2.75) is 102 Å². The van der Waals surface area contributed by atoms with Crippen LogP contribution in [-0.2, 0) is 11.3 Å². The molecule has 6 heteroatoms. The minimum absolute atomic E-state index is 0.00219. The Balaban J connectivity index is 1.52. The van der Waals surface area contributed by atoms with E-state index in [1.165, 1.54) is 25.7 Å². The van der Waals surface area contributed by atoms with Crippen molar-refractivity contribution < 1.29 is 14.0 Å². The Morgan fingerprint density at radius 3 is 2.43 bits per heavy atom. The zero-order chi connectivity index (χ0) is 20.9. The number of carbonyl (C=O) groups excluding carboxylic acids is 2. The second-order valence-electron chi connectivity index (χ2n) is 9.77. The topological polar surface area (TPSA) is 67.5 Å². The molecule has 2 aromatic rings. The summed E-state index contributed by atoms with van der Waals surface area (Å²) in [5, 5.41) is 3.35. The molecule has 2 saturated carbocycles. The molecule has 0 aromatic carbocycles. The van der Waals surface area contributed by atoms with E-state index in [1.807, 2.05) is 35.4 Å². The number of aromatic nitrogens is 1. The lowest BCUT2D eigenvalue weighted by atomic mass is 9.91. The number of hydrogen-bond acceptors (Lipinski definition) is 3. The highest BCUT2D eigenvalue weighted by atomic mass is 16.3. The molecule has 30 heavy (non-hydrogen) atoms. The molecule has 5 rings (SSSR count). The Morgan fingerprint density at radius 1 is 1.07 bits per heavy atom. The molecule has 162 valence electrons. The van der Waals surface area contributed by atoms with Crippen LogP contribution in [0.5, 0.6) is 0 Å². The number of rotatable bonds is 3. The zero-order valence-corrected chi connectivity index (χ0v) is 18.2. The van der Waals surface area contributed by atoms with Gasteiger partial charge in [-0.1, -0.05) is 38.5 Å². The average Bonchev–Trinajstić information content (AvgIpc) is 3.36. The number of fused-ring (bicyclic) bond motifs is 3. The van der Waals surface area contributed by atoms with Gasteiger partial charge in [-0.3, -0.25) is 9.59 Å². The molecular weight excluding hydrogens is 378 g/mol. The first-order valence-electron chi connectivity index (χ1n) is 11.7. The van der Waals surface area contributed by atoms with Gasteiger partial charge in [-0.25, -0.2) is 0 Å². The molecule has 0 radical (unpaired) electrons. The number of hydrogen-bond donors (Lipinski definition) is 1. The monoisotopic (exact) mass is 411 g/mol. The number of furan rings is 1. The van der Waals surface area contributed by atoms with Crippen LogP contribution in [0.2, 0.25) is 0 Å². The molecule has 3 aliphatic rings. The quantitative estimate of drug-likeness (QED) is 0.754. The molecular formula is C24H33N3O3. The van der Waals surface area contributed by atoms with Crippen LogP contribution >= 0.6 is 0 Å². The molecule has 0 saturated heterocycles. The molecule has 1 atom stereocenters. The summed E-state index contributed by atoms with van der Waals surface area (Å²) in [6.45, 7) is 4.36. The maximum absolute atomic E-state index is 13.7. The molecule has 6 nitrogen and oxygen atoms in total. The van der Waals surface area contributed by atoms with Gasteiger partial charge < -0.3 is 19.2 Å². The number of nitrogens with one attached hydrogen (secondary N) is 1. The minimum Gasteiger partial charge on any atom is -0.460 e. The van der Waals surface area contributed by atoms with Crippen molar-refractivity contribution >= 4 is 22.9 Å². The van der Waals surface area contributed by atoms with E-state index >= 15 is 0 Å². The lowest BCUT2D eigenvalue weighted by molar-refractivity contribution is -0.135. The summed E-state index contributed by atoms with van der Waals surface area (Å²) in [6.07, 6.45) is 11.1. The molecule has 1 N–H and O–H groups in total. The summed E-state index contributed by atoms with van der Waals surface area (Å²) in [4.78, 5) is 29.4. The lowest BCUT2D eigenvalue weighted by Crippen LogP contribution is -2.67. The predicted octanol–water partition coefficient (Wildman–Crippen LogP) is 4.54. The van der Waals surface area contributed by atoms with Crippen LogP contribution in [0.4, 0.5) is 0 Å². The Kier molecular flexibility index (Phi) is 4.91. The standard InChI is InChI=1S/C24H33N3O3/c1-16-13-19-21(30-16)14-20-22(28)27(18-11-7-8-12-18)24(2,15-26(19)20)23(29)25-17-9-5-3-4-6-10-17/h13-14,17-18H,3-12,15H2,1-2H3,(H,25,29). The third kappa shape index (κ3) is 3.15. The van der Waals surface area contributed by atoms with Gasteiger partial charge in [0.1, 0.15) is 17.0 Å². The molecule has 2 amide bonds. The molecule has 2 fully saturated rings. The molecule has 2 aliphatic carbocycles. The highest BCUT2D eigenvalue weighted by Crippen LogP contribution is 2.38. The van der Waals surface area contributed by atoms with Crippen molar-refractivity contribution in [2.24, 2.45) is 0 Å². The van der Waals surface area contributed by atoms with Gasteiger partial charge in [-0.15, -0.1) is 0 Å². The first-order valence-corrected chi connectivity index (χ1v) is 11.7. The van der Waals surface area contributed by atoms with E-state index in [9.17, 15) is 9.59 Å². The van der Waals surface area contributed by atoms with Gasteiger partial charge in [-0.05, 0) is 39.5 Å². The van der Waals surface area contributed by atoms with Gasteiger partial charge in [0.2, 0.25) is 5.91 Å². The zero-order valence-electron chi connectivity index (χ0n) is 18.2. The largest absolute Gasteiger partial charge is 0.460 e. The second kappa shape index (κ2) is 7.47. The van der Waals surface area contributed by atoms with Crippen molar-refractivity contribution in [2.75, 3.05) is 0 Å². The fourth-order valence-corrected chi connectivity index (χ4v) is 5.92. The number of nitrogens with zero attached hydrogens (tertiary/aromatic N) is 2. The van der Waals surface area contributed by atoms with Crippen LogP contribution in [-0.4, -0.2) is 38.9 Å². The highest BCUT2D eigenvalue weighted by Gasteiger charge is 2.51. The maximum atomic E-state index is 13.7. The summed E-state index contributed by atoms with van der Waals surface area (Å²) in [5.74, 6) is 0.795. The van der Waals surface area contributed by atoms with Gasteiger partial charge >= 0.3 is 0 Å². The van der Waals surface area contributed by atoms with Crippen LogP contribution in [0.1, 0.15) is 87.4 Å². The molecule has 2 aromatic heterocycles. The summed E-state index contributed by atoms with van der Waals surface area (Å²) in [5.41, 5.74) is 1.41.